The molecule has 2 N–H and O–H groups in total. The van der Waals surface area contributed by atoms with Crippen LogP contribution in [0.15, 0.2) is 42.5 Å². The van der Waals surface area contributed by atoms with Crippen LogP contribution >= 0.6 is 23.2 Å². The predicted molar refractivity (Wildman–Crippen MR) is 99.1 cm³/mol. The molecule has 26 heavy (non-hydrogen) atoms. The second-order valence-electron chi connectivity index (χ2n) is 5.87. The summed E-state index contributed by atoms with van der Waals surface area (Å²) in [6.45, 7) is 1.83. The van der Waals surface area contributed by atoms with Crippen molar-refractivity contribution in [3.05, 3.63) is 63.6 Å². The minimum atomic E-state index is -0.856. The summed E-state index contributed by atoms with van der Waals surface area (Å²) in [5.74, 6) is -1.28. The third kappa shape index (κ3) is 3.72. The zero-order valence-corrected chi connectivity index (χ0v) is 15.3. The Morgan fingerprint density at radius 3 is 2.62 bits per heavy atom. The van der Waals surface area contributed by atoms with Crippen molar-refractivity contribution in [3.63, 3.8) is 0 Å². The SMILES string of the molecule is Cc1ccc(N2C(=O)C[C@H](NNC(=O)c3cccc(Cl)c3)C2=O)cc1Cl. The number of carbonyl (C=O) groups is 3. The molecule has 1 heterocycles. The van der Waals surface area contributed by atoms with Gasteiger partial charge >= 0.3 is 0 Å². The van der Waals surface area contributed by atoms with Crippen molar-refractivity contribution in [2.45, 2.75) is 19.4 Å². The van der Waals surface area contributed by atoms with E-state index < -0.39 is 17.9 Å². The van der Waals surface area contributed by atoms with Crippen molar-refractivity contribution in [1.82, 2.24) is 10.9 Å². The van der Waals surface area contributed by atoms with Crippen molar-refractivity contribution in [3.8, 4) is 0 Å². The fourth-order valence-electron chi connectivity index (χ4n) is 2.59. The molecule has 1 aliphatic heterocycles. The molecule has 1 aliphatic rings. The zero-order chi connectivity index (χ0) is 18.8. The van der Waals surface area contributed by atoms with Crippen molar-refractivity contribution in [1.29, 1.82) is 0 Å². The maximum atomic E-state index is 12.5. The van der Waals surface area contributed by atoms with Gasteiger partial charge in [-0.2, -0.15) is 0 Å². The summed E-state index contributed by atoms with van der Waals surface area (Å²) in [6.07, 6.45) is -0.0693. The number of hydrogen-bond donors (Lipinski definition) is 2. The van der Waals surface area contributed by atoms with Crippen molar-refractivity contribution in [2.75, 3.05) is 4.90 Å². The monoisotopic (exact) mass is 391 g/mol. The number of halogens is 2. The Labute approximate surface area is 160 Å². The second kappa shape index (κ2) is 7.45. The number of hydrogen-bond acceptors (Lipinski definition) is 4. The number of aryl methyl sites for hydroxylation is 1. The molecule has 0 aliphatic carbocycles. The number of carbonyl (C=O) groups excluding carboxylic acids is 3. The van der Waals surface area contributed by atoms with Crippen molar-refractivity contribution >= 4 is 46.6 Å². The van der Waals surface area contributed by atoms with Crippen molar-refractivity contribution in [2.24, 2.45) is 0 Å². The number of rotatable bonds is 4. The number of anilines is 1. The quantitative estimate of drug-likeness (QED) is 0.620. The molecule has 1 fully saturated rings. The Morgan fingerprint density at radius 1 is 1.15 bits per heavy atom. The first-order valence-electron chi connectivity index (χ1n) is 7.81. The molecule has 3 amide bonds. The average Bonchev–Trinajstić information content (AvgIpc) is 2.89. The van der Waals surface area contributed by atoms with E-state index in [2.05, 4.69) is 10.9 Å². The molecule has 0 radical (unpaired) electrons. The summed E-state index contributed by atoms with van der Waals surface area (Å²) in [5, 5.41) is 0.890. The lowest BCUT2D eigenvalue weighted by atomic mass is 10.2. The molecule has 6 nitrogen and oxygen atoms in total. The molecule has 2 aromatic rings. The van der Waals surface area contributed by atoms with Crippen LogP contribution in [0.1, 0.15) is 22.3 Å². The van der Waals surface area contributed by atoms with Gasteiger partial charge in [-0.1, -0.05) is 35.3 Å². The first-order chi connectivity index (χ1) is 12.4. The molecule has 0 bridgehead atoms. The first kappa shape index (κ1) is 18.4. The maximum Gasteiger partial charge on any atom is 0.265 e. The highest BCUT2D eigenvalue weighted by molar-refractivity contribution is 6.32. The summed E-state index contributed by atoms with van der Waals surface area (Å²) in [4.78, 5) is 38.0. The molecule has 0 aromatic heterocycles. The molecule has 2 aromatic carbocycles. The van der Waals surface area contributed by atoms with Gasteiger partial charge in [-0.05, 0) is 42.8 Å². The van der Waals surface area contributed by atoms with E-state index in [1.165, 1.54) is 6.07 Å². The highest BCUT2D eigenvalue weighted by Crippen LogP contribution is 2.27. The van der Waals surface area contributed by atoms with Gasteiger partial charge in [0.2, 0.25) is 5.91 Å². The van der Waals surface area contributed by atoms with Gasteiger partial charge in [-0.3, -0.25) is 19.8 Å². The molecule has 0 unspecified atom stereocenters. The minimum Gasteiger partial charge on any atom is -0.287 e. The standard InChI is InChI=1S/C18H15Cl2N3O3/c1-10-5-6-13(8-14(10)20)23-16(24)9-15(18(23)26)21-22-17(25)11-3-2-4-12(19)7-11/h2-8,15,21H,9H2,1H3,(H,22,25)/t15-/m0/s1. The third-order valence-corrected chi connectivity index (χ3v) is 4.65. The van der Waals surface area contributed by atoms with Crippen LogP contribution in [0.3, 0.4) is 0 Å². The summed E-state index contributed by atoms with van der Waals surface area (Å²) in [5.41, 5.74) is 6.64. The van der Waals surface area contributed by atoms with E-state index >= 15 is 0 Å². The lowest BCUT2D eigenvalue weighted by molar-refractivity contribution is -0.121. The van der Waals surface area contributed by atoms with Gasteiger partial charge in [-0.25, -0.2) is 10.3 Å². The first-order valence-corrected chi connectivity index (χ1v) is 8.57. The van der Waals surface area contributed by atoms with E-state index in [1.807, 2.05) is 6.92 Å². The fourth-order valence-corrected chi connectivity index (χ4v) is 2.96. The number of benzene rings is 2. The third-order valence-electron chi connectivity index (χ3n) is 4.01. The number of hydrazine groups is 1. The number of nitrogens with zero attached hydrogens (tertiary/aromatic N) is 1. The highest BCUT2D eigenvalue weighted by atomic mass is 35.5. The minimum absolute atomic E-state index is 0.0693. The van der Waals surface area contributed by atoms with E-state index in [-0.39, 0.29) is 12.3 Å². The Hall–Kier alpha value is -2.41. The van der Waals surface area contributed by atoms with Gasteiger partial charge in [-0.15, -0.1) is 0 Å². The van der Waals surface area contributed by atoms with E-state index in [4.69, 9.17) is 23.2 Å². The summed E-state index contributed by atoms with van der Waals surface area (Å²) in [7, 11) is 0. The van der Waals surface area contributed by atoms with Gasteiger partial charge < -0.3 is 0 Å². The van der Waals surface area contributed by atoms with Gasteiger partial charge in [0.25, 0.3) is 11.8 Å². The van der Waals surface area contributed by atoms with Crippen LogP contribution < -0.4 is 15.8 Å². The van der Waals surface area contributed by atoms with Crippen LogP contribution in [-0.4, -0.2) is 23.8 Å². The smallest absolute Gasteiger partial charge is 0.265 e. The Balaban J connectivity index is 1.69. The molecule has 8 heteroatoms. The second-order valence-corrected chi connectivity index (χ2v) is 6.71. The molecular formula is C18H15Cl2N3O3. The van der Waals surface area contributed by atoms with Crippen LogP contribution in [0.4, 0.5) is 5.69 Å². The van der Waals surface area contributed by atoms with Crippen LogP contribution in [0.25, 0.3) is 0 Å². The molecule has 1 saturated heterocycles. The summed E-state index contributed by atoms with van der Waals surface area (Å²) < 4.78 is 0. The van der Waals surface area contributed by atoms with E-state index in [0.717, 1.165) is 10.5 Å². The van der Waals surface area contributed by atoms with Gasteiger partial charge in [0.05, 0.1) is 12.1 Å². The van der Waals surface area contributed by atoms with Gasteiger partial charge in [0.15, 0.2) is 0 Å². The molecule has 1 atom stereocenters. The largest absolute Gasteiger partial charge is 0.287 e. The Bertz CT molecular complexity index is 901. The number of amides is 3. The van der Waals surface area contributed by atoms with E-state index in [1.54, 1.807) is 36.4 Å². The van der Waals surface area contributed by atoms with E-state index in [0.29, 0.717) is 21.3 Å². The molecule has 3 rings (SSSR count). The molecule has 134 valence electrons. The van der Waals surface area contributed by atoms with Crippen LogP contribution in [0.2, 0.25) is 10.0 Å². The lowest BCUT2D eigenvalue weighted by Crippen LogP contribution is -2.48. The number of imide groups is 1. The Kier molecular flexibility index (Phi) is 5.27. The Morgan fingerprint density at radius 2 is 1.92 bits per heavy atom. The van der Waals surface area contributed by atoms with E-state index in [9.17, 15) is 14.4 Å². The van der Waals surface area contributed by atoms with Gasteiger partial charge in [0, 0.05) is 15.6 Å². The fraction of sp³-hybridized carbons (Fsp3) is 0.167. The molecule has 0 saturated carbocycles. The van der Waals surface area contributed by atoms with Crippen LogP contribution in [0.5, 0.6) is 0 Å². The molecule has 0 spiro atoms. The topological polar surface area (TPSA) is 78.5 Å². The van der Waals surface area contributed by atoms with Gasteiger partial charge in [0.1, 0.15) is 6.04 Å². The predicted octanol–water partition coefficient (Wildman–Crippen LogP) is 2.87. The van der Waals surface area contributed by atoms with Crippen LogP contribution in [0, 0.1) is 6.92 Å². The normalized spacial score (nSPS) is 16.9. The maximum absolute atomic E-state index is 12.5. The lowest BCUT2D eigenvalue weighted by Gasteiger charge is -2.16. The van der Waals surface area contributed by atoms with Crippen LogP contribution in [-0.2, 0) is 9.59 Å². The zero-order valence-electron chi connectivity index (χ0n) is 13.8. The average molecular weight is 392 g/mol. The van der Waals surface area contributed by atoms with Crippen molar-refractivity contribution < 1.29 is 14.4 Å². The summed E-state index contributed by atoms with van der Waals surface area (Å²) in [6, 6.07) is 10.5. The number of nitrogens with one attached hydrogen (secondary N) is 2. The molecular weight excluding hydrogens is 377 g/mol. The summed E-state index contributed by atoms with van der Waals surface area (Å²) >= 11 is 11.9. The highest BCUT2D eigenvalue weighted by Gasteiger charge is 2.39.